The summed E-state index contributed by atoms with van der Waals surface area (Å²) in [7, 11) is 0. The number of aryl methyl sites for hydroxylation is 2. The maximum absolute atomic E-state index is 12.5. The van der Waals surface area contributed by atoms with Crippen molar-refractivity contribution in [3.63, 3.8) is 0 Å². The number of hydrogen-bond donors (Lipinski definition) is 2. The number of hydrogen-bond acceptors (Lipinski definition) is 3. The van der Waals surface area contributed by atoms with Gasteiger partial charge in [0.05, 0.1) is 0 Å². The van der Waals surface area contributed by atoms with E-state index in [1.54, 1.807) is 4.90 Å². The summed E-state index contributed by atoms with van der Waals surface area (Å²) in [5.74, 6) is -1.33. The quantitative estimate of drug-likeness (QED) is 0.851. The second-order valence-electron chi connectivity index (χ2n) is 5.55. The second kappa shape index (κ2) is 5.77. The van der Waals surface area contributed by atoms with Crippen molar-refractivity contribution in [3.8, 4) is 0 Å². The minimum absolute atomic E-state index is 0.0582. The molecule has 1 fully saturated rings. The summed E-state index contributed by atoms with van der Waals surface area (Å²) in [5, 5.41) is 18.9. The van der Waals surface area contributed by atoms with Gasteiger partial charge in [0, 0.05) is 36.0 Å². The standard InChI is InChI=1S/C15H18BrNO4/c1-9-8-12(16)10(2)7-11(9)13(18)17-5-3-15(21,4-6-17)14(19)20/h7-8,21H,3-6H2,1-2H3,(H,19,20). The van der Waals surface area contributed by atoms with Crippen LogP contribution in [0.25, 0.3) is 0 Å². The zero-order valence-electron chi connectivity index (χ0n) is 12.0. The lowest BCUT2D eigenvalue weighted by atomic mass is 9.91. The molecular formula is C15H18BrNO4. The third-order valence-electron chi connectivity index (χ3n) is 4.01. The molecule has 2 rings (SSSR count). The number of nitrogens with zero attached hydrogens (tertiary/aromatic N) is 1. The van der Waals surface area contributed by atoms with E-state index in [0.29, 0.717) is 5.56 Å². The van der Waals surface area contributed by atoms with Crippen molar-refractivity contribution in [3.05, 3.63) is 33.3 Å². The highest BCUT2D eigenvalue weighted by Gasteiger charge is 2.40. The van der Waals surface area contributed by atoms with Gasteiger partial charge in [-0.05, 0) is 37.1 Å². The van der Waals surface area contributed by atoms with Crippen LogP contribution in [0.4, 0.5) is 0 Å². The Labute approximate surface area is 131 Å². The van der Waals surface area contributed by atoms with E-state index in [1.807, 2.05) is 26.0 Å². The summed E-state index contributed by atoms with van der Waals surface area (Å²) in [6.07, 6.45) is 0.116. The Morgan fingerprint density at radius 3 is 2.29 bits per heavy atom. The predicted molar refractivity (Wildman–Crippen MR) is 81.3 cm³/mol. The molecule has 1 aliphatic heterocycles. The summed E-state index contributed by atoms with van der Waals surface area (Å²) in [4.78, 5) is 25.2. The Morgan fingerprint density at radius 1 is 1.19 bits per heavy atom. The highest BCUT2D eigenvalue weighted by atomic mass is 79.9. The number of likely N-dealkylation sites (tertiary alicyclic amines) is 1. The highest BCUT2D eigenvalue weighted by molar-refractivity contribution is 9.10. The van der Waals surface area contributed by atoms with E-state index in [0.717, 1.165) is 15.6 Å². The van der Waals surface area contributed by atoms with E-state index in [4.69, 9.17) is 5.11 Å². The van der Waals surface area contributed by atoms with Gasteiger partial charge in [-0.15, -0.1) is 0 Å². The SMILES string of the molecule is Cc1cc(C(=O)N2CCC(O)(C(=O)O)CC2)c(C)cc1Br. The fraction of sp³-hybridized carbons (Fsp3) is 0.467. The van der Waals surface area contributed by atoms with Crippen LogP contribution in [0, 0.1) is 13.8 Å². The number of benzene rings is 1. The van der Waals surface area contributed by atoms with Gasteiger partial charge in [0.15, 0.2) is 5.60 Å². The number of halogens is 1. The van der Waals surface area contributed by atoms with E-state index in [2.05, 4.69) is 15.9 Å². The number of rotatable bonds is 2. The van der Waals surface area contributed by atoms with Crippen molar-refractivity contribution in [2.75, 3.05) is 13.1 Å². The Hall–Kier alpha value is -1.40. The first kappa shape index (κ1) is 16.0. The molecule has 0 aliphatic carbocycles. The van der Waals surface area contributed by atoms with Gasteiger partial charge in [-0.1, -0.05) is 15.9 Å². The van der Waals surface area contributed by atoms with Gasteiger partial charge in [-0.2, -0.15) is 0 Å². The lowest BCUT2D eigenvalue weighted by molar-refractivity contribution is -0.162. The van der Waals surface area contributed by atoms with Crippen molar-refractivity contribution >= 4 is 27.8 Å². The molecule has 1 saturated heterocycles. The zero-order chi connectivity index (χ0) is 15.8. The number of piperidine rings is 1. The van der Waals surface area contributed by atoms with Crippen molar-refractivity contribution in [2.45, 2.75) is 32.3 Å². The van der Waals surface area contributed by atoms with Crippen LogP contribution < -0.4 is 0 Å². The molecule has 0 radical (unpaired) electrons. The lowest BCUT2D eigenvalue weighted by Crippen LogP contribution is -2.50. The fourth-order valence-electron chi connectivity index (χ4n) is 2.48. The summed E-state index contributed by atoms with van der Waals surface area (Å²) in [6, 6.07) is 3.74. The molecule has 0 aromatic heterocycles. The van der Waals surface area contributed by atoms with Crippen LogP contribution in [0.2, 0.25) is 0 Å². The van der Waals surface area contributed by atoms with E-state index in [9.17, 15) is 14.7 Å². The Morgan fingerprint density at radius 2 is 1.76 bits per heavy atom. The highest BCUT2D eigenvalue weighted by Crippen LogP contribution is 2.26. The van der Waals surface area contributed by atoms with Crippen molar-refractivity contribution in [1.29, 1.82) is 0 Å². The van der Waals surface area contributed by atoms with Crippen LogP contribution in [-0.2, 0) is 4.79 Å². The fourth-order valence-corrected chi connectivity index (χ4v) is 2.93. The molecule has 6 heteroatoms. The molecule has 1 aromatic carbocycles. The average Bonchev–Trinajstić information content (AvgIpc) is 2.43. The van der Waals surface area contributed by atoms with E-state index < -0.39 is 11.6 Å². The molecule has 0 unspecified atom stereocenters. The van der Waals surface area contributed by atoms with Crippen LogP contribution in [0.5, 0.6) is 0 Å². The molecule has 1 heterocycles. The molecule has 0 spiro atoms. The van der Waals surface area contributed by atoms with Crippen molar-refractivity contribution < 1.29 is 19.8 Å². The molecule has 0 bridgehead atoms. The van der Waals surface area contributed by atoms with Crippen LogP contribution in [0.3, 0.4) is 0 Å². The monoisotopic (exact) mass is 355 g/mol. The smallest absolute Gasteiger partial charge is 0.335 e. The van der Waals surface area contributed by atoms with Gasteiger partial charge in [-0.25, -0.2) is 4.79 Å². The Kier molecular flexibility index (Phi) is 4.39. The molecule has 21 heavy (non-hydrogen) atoms. The third kappa shape index (κ3) is 3.11. The molecule has 5 nitrogen and oxygen atoms in total. The topological polar surface area (TPSA) is 77.8 Å². The average molecular weight is 356 g/mol. The number of amides is 1. The Balaban J connectivity index is 2.16. The first-order valence-electron chi connectivity index (χ1n) is 6.76. The summed E-state index contributed by atoms with van der Waals surface area (Å²) in [6.45, 7) is 4.28. The second-order valence-corrected chi connectivity index (χ2v) is 6.40. The minimum atomic E-state index is -1.71. The van der Waals surface area contributed by atoms with Crippen molar-refractivity contribution in [2.24, 2.45) is 0 Å². The summed E-state index contributed by atoms with van der Waals surface area (Å²) < 4.78 is 0.954. The van der Waals surface area contributed by atoms with Crippen LogP contribution in [0.15, 0.2) is 16.6 Å². The van der Waals surface area contributed by atoms with Gasteiger partial charge in [-0.3, -0.25) is 4.79 Å². The van der Waals surface area contributed by atoms with Gasteiger partial charge in [0.25, 0.3) is 5.91 Å². The molecule has 1 amide bonds. The number of carbonyl (C=O) groups excluding carboxylic acids is 1. The number of aliphatic hydroxyl groups is 1. The van der Waals surface area contributed by atoms with Gasteiger partial charge >= 0.3 is 5.97 Å². The number of aliphatic carboxylic acids is 1. The maximum Gasteiger partial charge on any atom is 0.335 e. The van der Waals surface area contributed by atoms with Gasteiger partial charge in [0.2, 0.25) is 0 Å². The van der Waals surface area contributed by atoms with Gasteiger partial charge in [0.1, 0.15) is 0 Å². The molecule has 1 aliphatic rings. The molecule has 0 atom stereocenters. The van der Waals surface area contributed by atoms with E-state index in [-0.39, 0.29) is 31.8 Å². The third-order valence-corrected chi connectivity index (χ3v) is 4.87. The zero-order valence-corrected chi connectivity index (χ0v) is 13.6. The van der Waals surface area contributed by atoms with Gasteiger partial charge < -0.3 is 15.1 Å². The Bertz CT molecular complexity index is 592. The van der Waals surface area contributed by atoms with Crippen molar-refractivity contribution in [1.82, 2.24) is 4.90 Å². The van der Waals surface area contributed by atoms with Crippen LogP contribution >= 0.6 is 15.9 Å². The summed E-state index contributed by atoms with van der Waals surface area (Å²) >= 11 is 3.43. The maximum atomic E-state index is 12.5. The largest absolute Gasteiger partial charge is 0.479 e. The van der Waals surface area contributed by atoms with E-state index in [1.165, 1.54) is 0 Å². The number of carboxylic acid groups (broad SMARTS) is 1. The first-order chi connectivity index (χ1) is 9.74. The molecule has 114 valence electrons. The van der Waals surface area contributed by atoms with Crippen LogP contribution in [-0.4, -0.2) is 45.7 Å². The summed E-state index contributed by atoms with van der Waals surface area (Å²) in [5.41, 5.74) is 0.762. The molecule has 0 saturated carbocycles. The molecular weight excluding hydrogens is 338 g/mol. The molecule has 1 aromatic rings. The predicted octanol–water partition coefficient (Wildman–Crippen LogP) is 2.12. The minimum Gasteiger partial charge on any atom is -0.479 e. The van der Waals surface area contributed by atoms with Crippen LogP contribution in [0.1, 0.15) is 34.3 Å². The van der Waals surface area contributed by atoms with E-state index >= 15 is 0 Å². The normalized spacial score (nSPS) is 17.6. The number of carbonyl (C=O) groups is 2. The molecule has 2 N–H and O–H groups in total. The first-order valence-corrected chi connectivity index (χ1v) is 7.56. The number of carboxylic acids is 1. The lowest BCUT2D eigenvalue weighted by Gasteiger charge is -2.35.